The minimum absolute atomic E-state index is 0.493. The van der Waals surface area contributed by atoms with Crippen LogP contribution < -0.4 is 14.8 Å². The maximum absolute atomic E-state index is 10.3. The third-order valence-corrected chi connectivity index (χ3v) is 3.11. The molecule has 2 rings (SSSR count). The monoisotopic (exact) mass is 285 g/mol. The van der Waals surface area contributed by atoms with Gasteiger partial charge in [-0.3, -0.25) is 4.79 Å². The van der Waals surface area contributed by atoms with E-state index in [4.69, 9.17) is 9.47 Å². The molecule has 0 saturated carbocycles. The summed E-state index contributed by atoms with van der Waals surface area (Å²) in [6.07, 6.45) is 1.46. The van der Waals surface area contributed by atoms with Gasteiger partial charge in [-0.15, -0.1) is 0 Å². The molecule has 0 heterocycles. The number of carbonyl (C=O) groups excluding carboxylic acids is 1. The van der Waals surface area contributed by atoms with Gasteiger partial charge in [-0.05, 0) is 29.7 Å². The first kappa shape index (κ1) is 14.9. The Kier molecular flexibility index (Phi) is 5.64. The smallest absolute Gasteiger partial charge is 0.207 e. The molecule has 110 valence electrons. The van der Waals surface area contributed by atoms with Crippen LogP contribution in [0.1, 0.15) is 11.1 Å². The maximum Gasteiger partial charge on any atom is 0.207 e. The predicted molar refractivity (Wildman–Crippen MR) is 81.5 cm³/mol. The summed E-state index contributed by atoms with van der Waals surface area (Å²) in [4.78, 5) is 10.3. The van der Waals surface area contributed by atoms with E-state index in [-0.39, 0.29) is 0 Å². The molecule has 0 aliphatic heterocycles. The summed E-state index contributed by atoms with van der Waals surface area (Å²) in [6, 6.07) is 15.8. The van der Waals surface area contributed by atoms with E-state index in [9.17, 15) is 4.79 Å². The molecule has 0 saturated heterocycles. The van der Waals surface area contributed by atoms with Crippen LogP contribution in [0.25, 0.3) is 0 Å². The second kappa shape index (κ2) is 7.94. The van der Waals surface area contributed by atoms with Crippen molar-refractivity contribution in [2.24, 2.45) is 0 Å². The van der Waals surface area contributed by atoms with E-state index < -0.39 is 0 Å². The van der Waals surface area contributed by atoms with Crippen molar-refractivity contribution in [3.05, 3.63) is 59.7 Å². The number of carbonyl (C=O) groups is 1. The standard InChI is InChI=1S/C17H19NO3/c1-20-16-8-7-14(9-10-18-13-19)11-17(16)21-12-15-5-3-2-4-6-15/h2-8,11,13H,9-10,12H2,1H3,(H,18,19). The molecule has 2 aromatic carbocycles. The average Bonchev–Trinajstić information content (AvgIpc) is 2.54. The number of ether oxygens (including phenoxy) is 2. The van der Waals surface area contributed by atoms with E-state index in [0.29, 0.717) is 31.1 Å². The molecular weight excluding hydrogens is 266 g/mol. The average molecular weight is 285 g/mol. The van der Waals surface area contributed by atoms with Crippen molar-refractivity contribution in [1.82, 2.24) is 5.32 Å². The van der Waals surface area contributed by atoms with Gasteiger partial charge in [-0.1, -0.05) is 36.4 Å². The molecule has 0 fully saturated rings. The first-order valence-corrected chi connectivity index (χ1v) is 6.84. The highest BCUT2D eigenvalue weighted by Gasteiger charge is 2.06. The van der Waals surface area contributed by atoms with Crippen molar-refractivity contribution in [2.45, 2.75) is 13.0 Å². The third kappa shape index (κ3) is 4.53. The van der Waals surface area contributed by atoms with E-state index in [1.807, 2.05) is 48.5 Å². The van der Waals surface area contributed by atoms with Crippen LogP contribution in [0.3, 0.4) is 0 Å². The van der Waals surface area contributed by atoms with Crippen LogP contribution >= 0.6 is 0 Å². The summed E-state index contributed by atoms with van der Waals surface area (Å²) in [7, 11) is 1.62. The molecule has 0 spiro atoms. The number of nitrogens with one attached hydrogen (secondary N) is 1. The minimum atomic E-state index is 0.493. The van der Waals surface area contributed by atoms with E-state index in [2.05, 4.69) is 5.32 Å². The lowest BCUT2D eigenvalue weighted by atomic mass is 10.1. The molecule has 0 aliphatic carbocycles. The zero-order chi connectivity index (χ0) is 14.9. The van der Waals surface area contributed by atoms with Gasteiger partial charge in [0.1, 0.15) is 6.61 Å². The Hall–Kier alpha value is -2.49. The molecule has 2 aromatic rings. The van der Waals surface area contributed by atoms with Gasteiger partial charge >= 0.3 is 0 Å². The number of hydrogen-bond acceptors (Lipinski definition) is 3. The van der Waals surface area contributed by atoms with Gasteiger partial charge in [-0.2, -0.15) is 0 Å². The molecule has 0 radical (unpaired) electrons. The fourth-order valence-corrected chi connectivity index (χ4v) is 2.00. The Morgan fingerprint density at radius 2 is 1.86 bits per heavy atom. The quantitative estimate of drug-likeness (QED) is 0.599. The fourth-order valence-electron chi connectivity index (χ4n) is 2.00. The Morgan fingerprint density at radius 1 is 1.05 bits per heavy atom. The van der Waals surface area contributed by atoms with Crippen LogP contribution in [0.5, 0.6) is 11.5 Å². The summed E-state index contributed by atoms with van der Waals surface area (Å²) < 4.78 is 11.2. The maximum atomic E-state index is 10.3. The first-order valence-electron chi connectivity index (χ1n) is 6.84. The van der Waals surface area contributed by atoms with Gasteiger partial charge < -0.3 is 14.8 Å². The second-order valence-electron chi connectivity index (χ2n) is 4.58. The lowest BCUT2D eigenvalue weighted by Crippen LogP contribution is -2.14. The molecule has 1 N–H and O–H groups in total. The highest BCUT2D eigenvalue weighted by molar-refractivity contribution is 5.46. The van der Waals surface area contributed by atoms with Gasteiger partial charge in [0.15, 0.2) is 11.5 Å². The number of rotatable bonds is 8. The molecule has 1 amide bonds. The summed E-state index contributed by atoms with van der Waals surface area (Å²) >= 11 is 0. The molecule has 0 bridgehead atoms. The summed E-state index contributed by atoms with van der Waals surface area (Å²) in [6.45, 7) is 1.10. The number of hydrogen-bond donors (Lipinski definition) is 1. The first-order chi connectivity index (χ1) is 10.3. The van der Waals surface area contributed by atoms with Gasteiger partial charge in [0.2, 0.25) is 6.41 Å². The molecule has 21 heavy (non-hydrogen) atoms. The predicted octanol–water partition coefficient (Wildman–Crippen LogP) is 2.56. The molecule has 4 nitrogen and oxygen atoms in total. The highest BCUT2D eigenvalue weighted by Crippen LogP contribution is 2.29. The van der Waals surface area contributed by atoms with Crippen LogP contribution in [0.2, 0.25) is 0 Å². The Morgan fingerprint density at radius 3 is 2.57 bits per heavy atom. The fraction of sp³-hybridized carbons (Fsp3) is 0.235. The normalized spacial score (nSPS) is 9.95. The minimum Gasteiger partial charge on any atom is -0.493 e. The van der Waals surface area contributed by atoms with Crippen LogP contribution in [-0.2, 0) is 17.8 Å². The Labute approximate surface area is 124 Å². The van der Waals surface area contributed by atoms with E-state index in [1.165, 1.54) is 0 Å². The topological polar surface area (TPSA) is 47.6 Å². The molecule has 4 heteroatoms. The Bertz CT molecular complexity index is 570. The SMILES string of the molecule is COc1ccc(CCNC=O)cc1OCc1ccccc1. The van der Waals surface area contributed by atoms with E-state index >= 15 is 0 Å². The number of methoxy groups -OCH3 is 1. The van der Waals surface area contributed by atoms with Crippen molar-refractivity contribution in [3.8, 4) is 11.5 Å². The zero-order valence-electron chi connectivity index (χ0n) is 12.0. The third-order valence-electron chi connectivity index (χ3n) is 3.11. The van der Waals surface area contributed by atoms with Gasteiger partial charge in [0.25, 0.3) is 0 Å². The molecule has 0 aromatic heterocycles. The van der Waals surface area contributed by atoms with Crippen LogP contribution in [0.15, 0.2) is 48.5 Å². The molecule has 0 unspecified atom stereocenters. The van der Waals surface area contributed by atoms with Crippen molar-refractivity contribution >= 4 is 6.41 Å². The van der Waals surface area contributed by atoms with Crippen molar-refractivity contribution in [2.75, 3.05) is 13.7 Å². The van der Waals surface area contributed by atoms with Crippen LogP contribution in [0, 0.1) is 0 Å². The van der Waals surface area contributed by atoms with Crippen molar-refractivity contribution < 1.29 is 14.3 Å². The number of amides is 1. The van der Waals surface area contributed by atoms with E-state index in [1.54, 1.807) is 7.11 Å². The number of benzene rings is 2. The van der Waals surface area contributed by atoms with Crippen LogP contribution in [0.4, 0.5) is 0 Å². The zero-order valence-corrected chi connectivity index (χ0v) is 12.0. The summed E-state index contributed by atoms with van der Waals surface area (Å²) in [5.41, 5.74) is 2.20. The van der Waals surface area contributed by atoms with Gasteiger partial charge in [0, 0.05) is 6.54 Å². The Balaban J connectivity index is 2.04. The summed E-state index contributed by atoms with van der Waals surface area (Å²) in [5, 5.41) is 2.65. The lowest BCUT2D eigenvalue weighted by molar-refractivity contribution is -0.109. The second-order valence-corrected chi connectivity index (χ2v) is 4.58. The largest absolute Gasteiger partial charge is 0.493 e. The highest BCUT2D eigenvalue weighted by atomic mass is 16.5. The molecule has 0 aliphatic rings. The van der Waals surface area contributed by atoms with Crippen LogP contribution in [-0.4, -0.2) is 20.1 Å². The van der Waals surface area contributed by atoms with Crippen molar-refractivity contribution in [1.29, 1.82) is 0 Å². The summed E-state index contributed by atoms with van der Waals surface area (Å²) in [5.74, 6) is 1.42. The molecular formula is C17H19NO3. The molecule has 0 atom stereocenters. The van der Waals surface area contributed by atoms with Gasteiger partial charge in [0.05, 0.1) is 7.11 Å². The lowest BCUT2D eigenvalue weighted by Gasteiger charge is -2.12. The van der Waals surface area contributed by atoms with Gasteiger partial charge in [-0.25, -0.2) is 0 Å². The van der Waals surface area contributed by atoms with E-state index in [0.717, 1.165) is 17.5 Å². The van der Waals surface area contributed by atoms with Crippen molar-refractivity contribution in [3.63, 3.8) is 0 Å².